The van der Waals surface area contributed by atoms with Crippen molar-refractivity contribution in [3.63, 3.8) is 0 Å². The van der Waals surface area contributed by atoms with Gasteiger partial charge in [-0.15, -0.1) is 0 Å². The second-order valence-corrected chi connectivity index (χ2v) is 7.02. The van der Waals surface area contributed by atoms with Crippen LogP contribution in [0.5, 0.6) is 0 Å². The predicted molar refractivity (Wildman–Crippen MR) is 84.8 cm³/mol. The van der Waals surface area contributed by atoms with Gasteiger partial charge in [0.1, 0.15) is 0 Å². The molecule has 3 nitrogen and oxygen atoms in total. The number of likely N-dealkylation sites (tertiary alicyclic amines) is 1. The van der Waals surface area contributed by atoms with Crippen molar-refractivity contribution in [3.8, 4) is 0 Å². The minimum absolute atomic E-state index is 0.308. The van der Waals surface area contributed by atoms with E-state index in [2.05, 4.69) is 11.8 Å². The molecule has 1 saturated carbocycles. The van der Waals surface area contributed by atoms with Gasteiger partial charge in [-0.2, -0.15) is 0 Å². The van der Waals surface area contributed by atoms with Crippen molar-refractivity contribution in [2.24, 2.45) is 17.6 Å². The third-order valence-electron chi connectivity index (χ3n) is 5.92. The summed E-state index contributed by atoms with van der Waals surface area (Å²) in [6.07, 6.45) is 10.7. The number of hydrogen-bond donors (Lipinski definition) is 1. The summed E-state index contributed by atoms with van der Waals surface area (Å²) in [5.41, 5.74) is 6.56. The lowest BCUT2D eigenvalue weighted by Crippen LogP contribution is -2.56. The van der Waals surface area contributed by atoms with E-state index in [-0.39, 0.29) is 0 Å². The Labute approximate surface area is 125 Å². The average Bonchev–Trinajstić information content (AvgIpc) is 2.71. The Bertz CT molecular complexity index is 276. The second-order valence-electron chi connectivity index (χ2n) is 7.02. The van der Waals surface area contributed by atoms with Crippen LogP contribution in [-0.2, 0) is 4.74 Å². The lowest BCUT2D eigenvalue weighted by molar-refractivity contribution is 0.0243. The molecule has 1 aliphatic carbocycles. The summed E-state index contributed by atoms with van der Waals surface area (Å²) < 4.78 is 5.32. The standard InChI is InChI=1S/C17H34N2O/c1-3-15-5-4-9-17(14-18,10-6-15)19-11-7-16(8-12-19)13-20-2/h15-16H,3-14,18H2,1-2H3. The second kappa shape index (κ2) is 7.77. The van der Waals surface area contributed by atoms with Gasteiger partial charge in [-0.3, -0.25) is 4.90 Å². The number of nitrogens with two attached hydrogens (primary N) is 1. The number of piperidine rings is 1. The molecule has 3 heteroatoms. The van der Waals surface area contributed by atoms with Gasteiger partial charge < -0.3 is 10.5 Å². The first-order valence-electron chi connectivity index (χ1n) is 8.68. The van der Waals surface area contributed by atoms with Gasteiger partial charge in [-0.1, -0.05) is 26.2 Å². The predicted octanol–water partition coefficient (Wildman–Crippen LogP) is 3.03. The topological polar surface area (TPSA) is 38.5 Å². The molecular weight excluding hydrogens is 248 g/mol. The minimum atomic E-state index is 0.308. The fourth-order valence-electron chi connectivity index (χ4n) is 4.33. The Balaban J connectivity index is 1.94. The molecule has 2 rings (SSSR count). The van der Waals surface area contributed by atoms with Gasteiger partial charge in [0.05, 0.1) is 0 Å². The van der Waals surface area contributed by atoms with Crippen molar-refractivity contribution in [1.29, 1.82) is 0 Å². The van der Waals surface area contributed by atoms with Crippen LogP contribution in [0.15, 0.2) is 0 Å². The maximum absolute atomic E-state index is 6.25. The van der Waals surface area contributed by atoms with Crippen LogP contribution in [0.1, 0.15) is 58.3 Å². The molecule has 0 bridgehead atoms. The third-order valence-corrected chi connectivity index (χ3v) is 5.92. The van der Waals surface area contributed by atoms with Gasteiger partial charge in [0, 0.05) is 25.8 Å². The first-order valence-corrected chi connectivity index (χ1v) is 8.68. The van der Waals surface area contributed by atoms with Gasteiger partial charge in [-0.25, -0.2) is 0 Å². The van der Waals surface area contributed by atoms with Crippen LogP contribution in [0, 0.1) is 11.8 Å². The van der Waals surface area contributed by atoms with Gasteiger partial charge in [0.25, 0.3) is 0 Å². The fraction of sp³-hybridized carbons (Fsp3) is 1.00. The van der Waals surface area contributed by atoms with Crippen molar-refractivity contribution in [1.82, 2.24) is 4.90 Å². The van der Waals surface area contributed by atoms with E-state index in [1.54, 1.807) is 0 Å². The molecule has 0 amide bonds. The Morgan fingerprint density at radius 1 is 1.10 bits per heavy atom. The molecule has 2 aliphatic rings. The van der Waals surface area contributed by atoms with Crippen molar-refractivity contribution in [2.45, 2.75) is 63.8 Å². The number of hydrogen-bond acceptors (Lipinski definition) is 3. The lowest BCUT2D eigenvalue weighted by atomic mass is 9.84. The fourth-order valence-corrected chi connectivity index (χ4v) is 4.33. The van der Waals surface area contributed by atoms with Crippen LogP contribution in [0.3, 0.4) is 0 Å². The monoisotopic (exact) mass is 282 g/mol. The molecule has 1 saturated heterocycles. The Kier molecular flexibility index (Phi) is 6.31. The number of rotatable bonds is 5. The van der Waals surface area contributed by atoms with Gasteiger partial charge in [0.2, 0.25) is 0 Å². The molecule has 0 aromatic rings. The highest BCUT2D eigenvalue weighted by atomic mass is 16.5. The summed E-state index contributed by atoms with van der Waals surface area (Å²) in [6.45, 7) is 6.57. The van der Waals surface area contributed by atoms with E-state index in [1.165, 1.54) is 64.5 Å². The average molecular weight is 282 g/mol. The Morgan fingerprint density at radius 2 is 1.85 bits per heavy atom. The van der Waals surface area contributed by atoms with Gasteiger partial charge >= 0.3 is 0 Å². The summed E-state index contributed by atoms with van der Waals surface area (Å²) in [5.74, 6) is 1.70. The molecule has 20 heavy (non-hydrogen) atoms. The van der Waals surface area contributed by atoms with Crippen LogP contribution in [-0.4, -0.2) is 43.8 Å². The van der Waals surface area contributed by atoms with Crippen LogP contribution >= 0.6 is 0 Å². The van der Waals surface area contributed by atoms with Crippen molar-refractivity contribution < 1.29 is 4.74 Å². The van der Waals surface area contributed by atoms with E-state index in [4.69, 9.17) is 10.5 Å². The molecular formula is C17H34N2O. The summed E-state index contributed by atoms with van der Waals surface area (Å²) in [5, 5.41) is 0. The zero-order valence-electron chi connectivity index (χ0n) is 13.6. The highest BCUT2D eigenvalue weighted by Crippen LogP contribution is 2.37. The molecule has 2 atom stereocenters. The molecule has 2 unspecified atom stereocenters. The molecule has 0 radical (unpaired) electrons. The first kappa shape index (κ1) is 16.3. The van der Waals surface area contributed by atoms with Gasteiger partial charge in [0.15, 0.2) is 0 Å². The summed E-state index contributed by atoms with van der Waals surface area (Å²) in [4.78, 5) is 2.73. The largest absolute Gasteiger partial charge is 0.384 e. The Morgan fingerprint density at radius 3 is 2.45 bits per heavy atom. The SMILES string of the molecule is CCC1CCCC(CN)(N2CCC(COC)CC2)CC1. The molecule has 1 aliphatic heterocycles. The third kappa shape index (κ3) is 3.75. The van der Waals surface area contributed by atoms with Crippen LogP contribution in [0.4, 0.5) is 0 Å². The molecule has 2 fully saturated rings. The van der Waals surface area contributed by atoms with E-state index in [0.717, 1.165) is 25.0 Å². The van der Waals surface area contributed by atoms with Crippen LogP contribution in [0.2, 0.25) is 0 Å². The van der Waals surface area contributed by atoms with E-state index in [0.29, 0.717) is 5.54 Å². The highest BCUT2D eigenvalue weighted by molar-refractivity contribution is 4.95. The number of nitrogens with zero attached hydrogens (tertiary/aromatic N) is 1. The minimum Gasteiger partial charge on any atom is -0.384 e. The Hall–Kier alpha value is -0.120. The summed E-state index contributed by atoms with van der Waals surface area (Å²) >= 11 is 0. The van der Waals surface area contributed by atoms with Gasteiger partial charge in [-0.05, 0) is 57.0 Å². The normalized spacial score (nSPS) is 34.0. The summed E-state index contributed by atoms with van der Waals surface area (Å²) in [7, 11) is 1.82. The maximum atomic E-state index is 6.25. The summed E-state index contributed by atoms with van der Waals surface area (Å²) in [6, 6.07) is 0. The van der Waals surface area contributed by atoms with E-state index < -0.39 is 0 Å². The lowest BCUT2D eigenvalue weighted by Gasteiger charge is -2.46. The smallest absolute Gasteiger partial charge is 0.0491 e. The van der Waals surface area contributed by atoms with Crippen molar-refractivity contribution in [3.05, 3.63) is 0 Å². The van der Waals surface area contributed by atoms with Crippen molar-refractivity contribution >= 4 is 0 Å². The molecule has 2 N–H and O–H groups in total. The van der Waals surface area contributed by atoms with E-state index in [9.17, 15) is 0 Å². The first-order chi connectivity index (χ1) is 9.74. The zero-order valence-corrected chi connectivity index (χ0v) is 13.6. The molecule has 0 aromatic carbocycles. The highest BCUT2D eigenvalue weighted by Gasteiger charge is 2.38. The molecule has 0 spiro atoms. The quantitative estimate of drug-likeness (QED) is 0.788. The molecule has 0 aromatic heterocycles. The molecule has 1 heterocycles. The zero-order chi connectivity index (χ0) is 14.4. The van der Waals surface area contributed by atoms with Crippen LogP contribution in [0.25, 0.3) is 0 Å². The number of methoxy groups -OCH3 is 1. The molecule has 118 valence electrons. The van der Waals surface area contributed by atoms with Crippen LogP contribution < -0.4 is 5.73 Å². The number of ether oxygens (including phenoxy) is 1. The maximum Gasteiger partial charge on any atom is 0.0491 e. The van der Waals surface area contributed by atoms with E-state index in [1.807, 2.05) is 7.11 Å². The van der Waals surface area contributed by atoms with E-state index >= 15 is 0 Å². The van der Waals surface area contributed by atoms with Crippen molar-refractivity contribution in [2.75, 3.05) is 33.4 Å².